The Morgan fingerprint density at radius 3 is 2.81 bits per heavy atom. The Bertz CT molecular complexity index is 519. The van der Waals surface area contributed by atoms with E-state index in [2.05, 4.69) is 12.2 Å². The van der Waals surface area contributed by atoms with Crippen molar-refractivity contribution in [2.45, 2.75) is 45.6 Å². The second-order valence-corrected chi connectivity index (χ2v) is 5.78. The van der Waals surface area contributed by atoms with Gasteiger partial charge in [-0.3, -0.25) is 0 Å². The summed E-state index contributed by atoms with van der Waals surface area (Å²) >= 11 is 6.25. The monoisotopic (exact) mass is 310 g/mol. The van der Waals surface area contributed by atoms with E-state index in [4.69, 9.17) is 11.6 Å². The maximum absolute atomic E-state index is 12.5. The molecule has 1 unspecified atom stereocenters. The van der Waals surface area contributed by atoms with Gasteiger partial charge in [-0.15, -0.1) is 0 Å². The highest BCUT2D eigenvalue weighted by atomic mass is 35.5. The van der Waals surface area contributed by atoms with Crippen LogP contribution in [0.2, 0.25) is 5.02 Å². The third-order valence-corrected chi connectivity index (χ3v) is 4.51. The Morgan fingerprint density at radius 2 is 2.19 bits per heavy atom. The lowest BCUT2D eigenvalue weighted by atomic mass is 10.0. The Hall–Kier alpha value is -1.26. The summed E-state index contributed by atoms with van der Waals surface area (Å²) in [7, 11) is 0. The van der Waals surface area contributed by atoms with Crippen molar-refractivity contribution < 1.29 is 9.90 Å². The predicted octanol–water partition coefficient (Wildman–Crippen LogP) is 3.45. The van der Waals surface area contributed by atoms with Gasteiger partial charge in [-0.2, -0.15) is 0 Å². The molecule has 2 N–H and O–H groups in total. The summed E-state index contributed by atoms with van der Waals surface area (Å²) in [5.74, 6) is 0. The van der Waals surface area contributed by atoms with E-state index in [1.54, 1.807) is 4.90 Å². The number of benzene rings is 1. The lowest BCUT2D eigenvalue weighted by Crippen LogP contribution is -2.40. The highest BCUT2D eigenvalue weighted by Gasteiger charge is 2.28. The lowest BCUT2D eigenvalue weighted by molar-refractivity contribution is 0.166. The highest BCUT2D eigenvalue weighted by molar-refractivity contribution is 6.31. The molecule has 1 aromatic carbocycles. The van der Waals surface area contributed by atoms with Gasteiger partial charge in [0.1, 0.15) is 0 Å². The largest absolute Gasteiger partial charge is 0.394 e. The van der Waals surface area contributed by atoms with Crippen LogP contribution in [-0.4, -0.2) is 35.2 Å². The average molecular weight is 311 g/mol. The average Bonchev–Trinajstić information content (AvgIpc) is 2.96. The van der Waals surface area contributed by atoms with Crippen molar-refractivity contribution in [1.82, 2.24) is 4.90 Å². The van der Waals surface area contributed by atoms with Crippen molar-refractivity contribution in [3.8, 4) is 0 Å². The zero-order chi connectivity index (χ0) is 15.4. The number of likely N-dealkylation sites (tertiary alicyclic amines) is 1. The first kappa shape index (κ1) is 16.1. The normalized spacial score (nSPS) is 18.1. The molecule has 1 atom stereocenters. The van der Waals surface area contributed by atoms with Crippen molar-refractivity contribution >= 4 is 23.3 Å². The van der Waals surface area contributed by atoms with Gasteiger partial charge in [-0.25, -0.2) is 4.79 Å². The standard InChI is InChI=1S/C16H23ClN2O2/c1-3-11-7-8-14(17)13(4-2)15(11)18-16(21)19-9-5-6-12(19)10-20/h7-8,12,20H,3-6,9-10H2,1-2H3,(H,18,21). The van der Waals surface area contributed by atoms with E-state index in [1.165, 1.54) is 0 Å². The number of rotatable bonds is 4. The van der Waals surface area contributed by atoms with Crippen molar-refractivity contribution in [3.63, 3.8) is 0 Å². The van der Waals surface area contributed by atoms with Crippen molar-refractivity contribution in [3.05, 3.63) is 28.3 Å². The van der Waals surface area contributed by atoms with Crippen LogP contribution in [0.15, 0.2) is 12.1 Å². The van der Waals surface area contributed by atoms with Gasteiger partial charge in [0.25, 0.3) is 0 Å². The summed E-state index contributed by atoms with van der Waals surface area (Å²) in [5, 5.41) is 13.1. The third kappa shape index (κ3) is 3.33. The van der Waals surface area contributed by atoms with E-state index in [-0.39, 0.29) is 18.7 Å². The van der Waals surface area contributed by atoms with E-state index in [0.717, 1.165) is 42.5 Å². The predicted molar refractivity (Wildman–Crippen MR) is 86.0 cm³/mol. The van der Waals surface area contributed by atoms with Gasteiger partial charge >= 0.3 is 6.03 Å². The molecule has 1 heterocycles. The number of hydrogen-bond acceptors (Lipinski definition) is 2. The lowest BCUT2D eigenvalue weighted by Gasteiger charge is -2.25. The van der Waals surface area contributed by atoms with E-state index in [1.807, 2.05) is 19.1 Å². The van der Waals surface area contributed by atoms with E-state index >= 15 is 0 Å². The van der Waals surface area contributed by atoms with Crippen LogP contribution in [0.3, 0.4) is 0 Å². The van der Waals surface area contributed by atoms with Gasteiger partial charge in [0.05, 0.1) is 18.3 Å². The fourth-order valence-corrected chi connectivity index (χ4v) is 3.23. The fourth-order valence-electron chi connectivity index (χ4n) is 2.94. The number of nitrogens with one attached hydrogen (secondary N) is 1. The smallest absolute Gasteiger partial charge is 0.322 e. The van der Waals surface area contributed by atoms with Gasteiger partial charge in [-0.1, -0.05) is 31.5 Å². The minimum atomic E-state index is -0.141. The van der Waals surface area contributed by atoms with Crippen molar-refractivity contribution in [2.75, 3.05) is 18.5 Å². The number of carbonyl (C=O) groups excluding carboxylic acids is 1. The number of aliphatic hydroxyl groups is 1. The summed E-state index contributed by atoms with van der Waals surface area (Å²) in [5.41, 5.74) is 2.90. The molecule has 1 saturated heterocycles. The van der Waals surface area contributed by atoms with Crippen LogP contribution >= 0.6 is 11.6 Å². The van der Waals surface area contributed by atoms with Crippen LogP contribution in [0, 0.1) is 0 Å². The zero-order valence-electron chi connectivity index (χ0n) is 12.7. The van der Waals surface area contributed by atoms with E-state index in [0.29, 0.717) is 11.6 Å². The molecule has 0 bridgehead atoms. The summed E-state index contributed by atoms with van der Waals surface area (Å²) in [4.78, 5) is 14.2. The van der Waals surface area contributed by atoms with E-state index in [9.17, 15) is 9.90 Å². The van der Waals surface area contributed by atoms with Crippen LogP contribution < -0.4 is 5.32 Å². The highest BCUT2D eigenvalue weighted by Crippen LogP contribution is 2.30. The van der Waals surface area contributed by atoms with Crippen LogP contribution in [-0.2, 0) is 12.8 Å². The molecule has 0 aromatic heterocycles. The SMILES string of the molecule is CCc1ccc(Cl)c(CC)c1NC(=O)N1CCCC1CO. The van der Waals surface area contributed by atoms with Gasteiger partial charge in [0.15, 0.2) is 0 Å². The Labute approximate surface area is 131 Å². The minimum absolute atomic E-state index is 0.0181. The molecule has 5 heteroatoms. The van der Waals surface area contributed by atoms with Gasteiger partial charge in [0, 0.05) is 11.6 Å². The van der Waals surface area contributed by atoms with Crippen molar-refractivity contribution in [1.29, 1.82) is 0 Å². The number of hydrogen-bond donors (Lipinski definition) is 2. The first-order chi connectivity index (χ1) is 10.1. The van der Waals surface area contributed by atoms with Crippen molar-refractivity contribution in [2.24, 2.45) is 0 Å². The molecule has 4 nitrogen and oxygen atoms in total. The van der Waals surface area contributed by atoms with Crippen LogP contribution in [0.4, 0.5) is 10.5 Å². The molecular weight excluding hydrogens is 288 g/mol. The quantitative estimate of drug-likeness (QED) is 0.895. The number of aliphatic hydroxyl groups excluding tert-OH is 1. The molecule has 2 amide bonds. The number of anilines is 1. The molecular formula is C16H23ClN2O2. The molecule has 1 fully saturated rings. The Kier molecular flexibility index (Phi) is 5.48. The number of carbonyl (C=O) groups is 1. The number of aryl methyl sites for hydroxylation is 1. The number of halogens is 1. The molecule has 0 spiro atoms. The topological polar surface area (TPSA) is 52.6 Å². The van der Waals surface area contributed by atoms with Crippen LogP contribution in [0.1, 0.15) is 37.8 Å². The van der Waals surface area contributed by atoms with Gasteiger partial charge in [0.2, 0.25) is 0 Å². The van der Waals surface area contributed by atoms with Gasteiger partial charge in [-0.05, 0) is 42.9 Å². The maximum Gasteiger partial charge on any atom is 0.322 e. The third-order valence-electron chi connectivity index (χ3n) is 4.16. The zero-order valence-corrected chi connectivity index (χ0v) is 13.4. The first-order valence-electron chi connectivity index (χ1n) is 7.61. The second kappa shape index (κ2) is 7.14. The summed E-state index contributed by atoms with van der Waals surface area (Å²) in [6, 6.07) is 3.64. The summed E-state index contributed by atoms with van der Waals surface area (Å²) in [6.45, 7) is 4.80. The fraction of sp³-hybridized carbons (Fsp3) is 0.562. The number of nitrogens with zero attached hydrogens (tertiary/aromatic N) is 1. The van der Waals surface area contributed by atoms with Crippen LogP contribution in [0.5, 0.6) is 0 Å². The van der Waals surface area contributed by atoms with E-state index < -0.39 is 0 Å². The molecule has 2 rings (SSSR count). The summed E-state index contributed by atoms with van der Waals surface area (Å²) in [6.07, 6.45) is 3.41. The minimum Gasteiger partial charge on any atom is -0.394 e. The molecule has 0 radical (unpaired) electrons. The molecule has 1 aromatic rings. The molecule has 116 valence electrons. The molecule has 0 saturated carbocycles. The van der Waals surface area contributed by atoms with Gasteiger partial charge < -0.3 is 15.3 Å². The maximum atomic E-state index is 12.5. The van der Waals surface area contributed by atoms with Crippen LogP contribution in [0.25, 0.3) is 0 Å². The second-order valence-electron chi connectivity index (χ2n) is 5.37. The molecule has 1 aliphatic heterocycles. The molecule has 1 aliphatic rings. The Balaban J connectivity index is 2.26. The first-order valence-corrected chi connectivity index (χ1v) is 7.98. The molecule has 0 aliphatic carbocycles. The number of urea groups is 1. The molecule has 21 heavy (non-hydrogen) atoms. The number of amides is 2. The Morgan fingerprint density at radius 1 is 1.43 bits per heavy atom. The summed E-state index contributed by atoms with van der Waals surface area (Å²) < 4.78 is 0.